The third kappa shape index (κ3) is 2.34. The summed E-state index contributed by atoms with van der Waals surface area (Å²) >= 11 is 4.82. The highest BCUT2D eigenvalue weighted by Gasteiger charge is 2.10. The number of thiazole rings is 1. The van der Waals surface area contributed by atoms with Gasteiger partial charge in [0.15, 0.2) is 3.92 Å². The summed E-state index contributed by atoms with van der Waals surface area (Å²) in [6.45, 7) is 2.17. The number of aliphatic hydroxyl groups is 1. The van der Waals surface area contributed by atoms with Crippen molar-refractivity contribution in [3.05, 3.63) is 38.6 Å². The Morgan fingerprint density at radius 1 is 1.31 bits per heavy atom. The number of aryl methyl sites for hydroxylation is 1. The van der Waals surface area contributed by atoms with Crippen LogP contribution in [0.4, 0.5) is 0 Å². The molecule has 2 nitrogen and oxygen atoms in total. The molecule has 84 valence electrons. The molecule has 0 aliphatic rings. The van der Waals surface area contributed by atoms with E-state index >= 15 is 0 Å². The van der Waals surface area contributed by atoms with Crippen molar-refractivity contribution in [2.45, 2.75) is 20.0 Å². The molecule has 1 heterocycles. The zero-order chi connectivity index (χ0) is 11.5. The SMILES string of the molecule is CCc1ccc(-c2nc(Br)sc2CO)cc1. The monoisotopic (exact) mass is 297 g/mol. The topological polar surface area (TPSA) is 33.1 Å². The van der Waals surface area contributed by atoms with Gasteiger partial charge in [-0.3, -0.25) is 0 Å². The van der Waals surface area contributed by atoms with Gasteiger partial charge >= 0.3 is 0 Å². The Labute approximate surface area is 107 Å². The summed E-state index contributed by atoms with van der Waals surface area (Å²) in [5, 5.41) is 9.24. The summed E-state index contributed by atoms with van der Waals surface area (Å²) in [6.07, 6.45) is 1.04. The normalized spacial score (nSPS) is 10.7. The molecular weight excluding hydrogens is 286 g/mol. The second kappa shape index (κ2) is 5.08. The van der Waals surface area contributed by atoms with E-state index in [1.54, 1.807) is 0 Å². The lowest BCUT2D eigenvalue weighted by Gasteiger charge is -2.01. The molecule has 4 heteroatoms. The standard InChI is InChI=1S/C12H12BrNOS/c1-2-8-3-5-9(6-4-8)11-10(7-15)16-12(13)14-11/h3-6,15H,2,7H2,1H3. The Hall–Kier alpha value is -0.710. The maximum absolute atomic E-state index is 9.24. The molecule has 0 fully saturated rings. The molecule has 0 radical (unpaired) electrons. The number of benzene rings is 1. The van der Waals surface area contributed by atoms with Crippen LogP contribution < -0.4 is 0 Å². The van der Waals surface area contributed by atoms with Crippen LogP contribution in [0.2, 0.25) is 0 Å². The maximum atomic E-state index is 9.24. The van der Waals surface area contributed by atoms with E-state index in [1.807, 2.05) is 0 Å². The van der Waals surface area contributed by atoms with Crippen molar-refractivity contribution in [1.29, 1.82) is 0 Å². The molecule has 0 spiro atoms. The molecular formula is C12H12BrNOS. The van der Waals surface area contributed by atoms with Gasteiger partial charge in [-0.15, -0.1) is 11.3 Å². The van der Waals surface area contributed by atoms with Crippen molar-refractivity contribution >= 4 is 27.3 Å². The average Bonchev–Trinajstić information content (AvgIpc) is 2.70. The fraction of sp³-hybridized carbons (Fsp3) is 0.250. The minimum atomic E-state index is 0.0358. The number of hydrogen-bond acceptors (Lipinski definition) is 3. The molecule has 0 amide bonds. The van der Waals surface area contributed by atoms with E-state index in [1.165, 1.54) is 16.9 Å². The Balaban J connectivity index is 2.41. The van der Waals surface area contributed by atoms with Crippen molar-refractivity contribution in [2.75, 3.05) is 0 Å². The molecule has 0 aliphatic carbocycles. The Morgan fingerprint density at radius 2 is 2.00 bits per heavy atom. The van der Waals surface area contributed by atoms with E-state index in [9.17, 15) is 5.11 Å². The second-order valence-corrected chi connectivity index (χ2v) is 5.81. The van der Waals surface area contributed by atoms with Crippen LogP contribution in [0.5, 0.6) is 0 Å². The zero-order valence-corrected chi connectivity index (χ0v) is 11.3. The number of aromatic nitrogens is 1. The molecule has 16 heavy (non-hydrogen) atoms. The highest BCUT2D eigenvalue weighted by atomic mass is 79.9. The predicted octanol–water partition coefficient (Wildman–Crippen LogP) is 3.63. The van der Waals surface area contributed by atoms with E-state index in [0.29, 0.717) is 0 Å². The first-order valence-corrected chi connectivity index (χ1v) is 6.71. The second-order valence-electron chi connectivity index (χ2n) is 3.45. The van der Waals surface area contributed by atoms with Crippen LogP contribution >= 0.6 is 27.3 Å². The molecule has 1 aromatic heterocycles. The molecule has 0 unspecified atom stereocenters. The van der Waals surface area contributed by atoms with E-state index < -0.39 is 0 Å². The molecule has 2 aromatic rings. The van der Waals surface area contributed by atoms with E-state index in [2.05, 4.69) is 52.1 Å². The fourth-order valence-electron chi connectivity index (χ4n) is 1.55. The molecule has 0 aliphatic heterocycles. The van der Waals surface area contributed by atoms with Gasteiger partial charge in [-0.05, 0) is 27.9 Å². The van der Waals surface area contributed by atoms with Crippen LogP contribution in [0.1, 0.15) is 17.4 Å². The summed E-state index contributed by atoms with van der Waals surface area (Å²) in [4.78, 5) is 5.28. The van der Waals surface area contributed by atoms with E-state index in [4.69, 9.17) is 0 Å². The van der Waals surface area contributed by atoms with Crippen molar-refractivity contribution < 1.29 is 5.11 Å². The van der Waals surface area contributed by atoms with Gasteiger partial charge in [0.2, 0.25) is 0 Å². The first-order chi connectivity index (χ1) is 7.74. The lowest BCUT2D eigenvalue weighted by atomic mass is 10.1. The minimum Gasteiger partial charge on any atom is -0.391 e. The number of halogens is 1. The van der Waals surface area contributed by atoms with Crippen LogP contribution in [-0.2, 0) is 13.0 Å². The van der Waals surface area contributed by atoms with Crippen molar-refractivity contribution in [3.8, 4) is 11.3 Å². The predicted molar refractivity (Wildman–Crippen MR) is 70.6 cm³/mol. The molecule has 1 N–H and O–H groups in total. The van der Waals surface area contributed by atoms with Crippen molar-refractivity contribution in [2.24, 2.45) is 0 Å². The largest absolute Gasteiger partial charge is 0.391 e. The zero-order valence-electron chi connectivity index (χ0n) is 8.90. The third-order valence-electron chi connectivity index (χ3n) is 2.45. The van der Waals surface area contributed by atoms with Crippen LogP contribution in [0.15, 0.2) is 28.2 Å². The molecule has 0 saturated heterocycles. The first-order valence-electron chi connectivity index (χ1n) is 5.10. The Kier molecular flexibility index (Phi) is 3.74. The van der Waals surface area contributed by atoms with E-state index in [0.717, 1.165) is 26.5 Å². The summed E-state index contributed by atoms with van der Waals surface area (Å²) in [5.41, 5.74) is 3.24. The van der Waals surface area contributed by atoms with Gasteiger partial charge in [-0.2, -0.15) is 0 Å². The van der Waals surface area contributed by atoms with Gasteiger partial charge < -0.3 is 5.11 Å². The van der Waals surface area contributed by atoms with Crippen LogP contribution in [0.25, 0.3) is 11.3 Å². The summed E-state index contributed by atoms with van der Waals surface area (Å²) < 4.78 is 0.811. The smallest absolute Gasteiger partial charge is 0.160 e. The van der Waals surface area contributed by atoms with Gasteiger partial charge in [-0.25, -0.2) is 4.98 Å². The van der Waals surface area contributed by atoms with Gasteiger partial charge in [0.25, 0.3) is 0 Å². The van der Waals surface area contributed by atoms with Crippen LogP contribution in [-0.4, -0.2) is 10.1 Å². The quantitative estimate of drug-likeness (QED) is 0.938. The Morgan fingerprint density at radius 3 is 2.56 bits per heavy atom. The lowest BCUT2D eigenvalue weighted by Crippen LogP contribution is -1.86. The first kappa shape index (κ1) is 11.8. The van der Waals surface area contributed by atoms with Crippen molar-refractivity contribution in [1.82, 2.24) is 4.98 Å². The Bertz CT molecular complexity index is 478. The lowest BCUT2D eigenvalue weighted by molar-refractivity contribution is 0.286. The third-order valence-corrected chi connectivity index (χ3v) is 3.94. The minimum absolute atomic E-state index is 0.0358. The van der Waals surface area contributed by atoms with Gasteiger partial charge in [0, 0.05) is 5.56 Å². The highest BCUT2D eigenvalue weighted by molar-refractivity contribution is 9.11. The number of nitrogens with zero attached hydrogens (tertiary/aromatic N) is 1. The fourth-order valence-corrected chi connectivity index (χ4v) is 2.98. The number of rotatable bonds is 3. The van der Waals surface area contributed by atoms with Crippen molar-refractivity contribution in [3.63, 3.8) is 0 Å². The molecule has 2 rings (SSSR count). The summed E-state index contributed by atoms with van der Waals surface area (Å²) in [7, 11) is 0. The maximum Gasteiger partial charge on any atom is 0.160 e. The molecule has 1 aromatic carbocycles. The van der Waals surface area contributed by atoms with Gasteiger partial charge in [0.1, 0.15) is 0 Å². The molecule has 0 bridgehead atoms. The van der Waals surface area contributed by atoms with Crippen LogP contribution in [0.3, 0.4) is 0 Å². The number of aliphatic hydroxyl groups excluding tert-OH is 1. The summed E-state index contributed by atoms with van der Waals surface area (Å²) in [5.74, 6) is 0. The van der Waals surface area contributed by atoms with E-state index in [-0.39, 0.29) is 6.61 Å². The number of hydrogen-bond donors (Lipinski definition) is 1. The van der Waals surface area contributed by atoms with Gasteiger partial charge in [0.05, 0.1) is 17.2 Å². The molecule has 0 atom stereocenters. The average molecular weight is 298 g/mol. The molecule has 0 saturated carbocycles. The van der Waals surface area contributed by atoms with Crippen LogP contribution in [0, 0.1) is 0 Å². The van der Waals surface area contributed by atoms with Gasteiger partial charge in [-0.1, -0.05) is 31.2 Å². The summed E-state index contributed by atoms with van der Waals surface area (Å²) in [6, 6.07) is 8.31. The highest BCUT2D eigenvalue weighted by Crippen LogP contribution is 2.31.